The van der Waals surface area contributed by atoms with E-state index in [1.54, 1.807) is 13.8 Å². The number of benzene rings is 1. The number of nitrogens with zero attached hydrogens (tertiary/aromatic N) is 1. The quantitative estimate of drug-likeness (QED) is 0.665. The van der Waals surface area contributed by atoms with Crippen LogP contribution in [0.2, 0.25) is 0 Å². The Kier molecular flexibility index (Phi) is 4.80. The molecule has 1 aromatic heterocycles. The zero-order chi connectivity index (χ0) is 18.2. The van der Waals surface area contributed by atoms with Crippen molar-refractivity contribution in [1.29, 1.82) is 5.26 Å². The molecule has 0 bridgehead atoms. The van der Waals surface area contributed by atoms with Crippen LogP contribution in [0.15, 0.2) is 0 Å². The minimum atomic E-state index is -1.88. The first-order valence-electron chi connectivity index (χ1n) is 6.45. The van der Waals surface area contributed by atoms with Crippen molar-refractivity contribution in [2.45, 2.75) is 13.8 Å². The molecule has 24 heavy (non-hydrogen) atoms. The summed E-state index contributed by atoms with van der Waals surface area (Å²) >= 11 is 1.00. The lowest BCUT2D eigenvalue weighted by molar-refractivity contribution is 0.101. The number of hydrogen-bond acceptors (Lipinski definition) is 4. The second-order valence-corrected chi connectivity index (χ2v) is 5.94. The van der Waals surface area contributed by atoms with Gasteiger partial charge in [0.2, 0.25) is 11.6 Å². The molecule has 0 aliphatic rings. The molecule has 0 aliphatic carbocycles. The Bertz CT molecular complexity index is 858. The normalized spacial score (nSPS) is 10.4. The monoisotopic (exact) mass is 358 g/mol. The Morgan fingerprint density at radius 2 is 1.67 bits per heavy atom. The minimum Gasteiger partial charge on any atom is -0.491 e. The van der Waals surface area contributed by atoms with Gasteiger partial charge in [-0.05, 0) is 19.4 Å². The molecule has 1 amide bonds. The molecule has 1 N–H and O–H groups in total. The molecule has 0 unspecified atom stereocenters. The van der Waals surface area contributed by atoms with Crippen LogP contribution in [0.3, 0.4) is 0 Å². The summed E-state index contributed by atoms with van der Waals surface area (Å²) in [5.41, 5.74) is -0.731. The Balaban J connectivity index is 2.53. The summed E-state index contributed by atoms with van der Waals surface area (Å²) in [6.07, 6.45) is 0. The van der Waals surface area contributed by atoms with Gasteiger partial charge in [-0.15, -0.1) is 11.3 Å². The fourth-order valence-electron chi connectivity index (χ4n) is 2.01. The van der Waals surface area contributed by atoms with Crippen molar-refractivity contribution in [3.63, 3.8) is 0 Å². The molecule has 0 atom stereocenters. The number of aryl methyl sites for hydroxylation is 1. The van der Waals surface area contributed by atoms with E-state index in [0.717, 1.165) is 18.4 Å². The highest BCUT2D eigenvalue weighted by Gasteiger charge is 2.30. The van der Waals surface area contributed by atoms with Gasteiger partial charge in [-0.3, -0.25) is 4.79 Å². The molecule has 2 rings (SSSR count). The fraction of sp³-hybridized carbons (Fsp3) is 0.200. The summed E-state index contributed by atoms with van der Waals surface area (Å²) < 4.78 is 59.5. The Morgan fingerprint density at radius 3 is 2.12 bits per heavy atom. The number of methoxy groups -OCH3 is 1. The molecule has 0 spiro atoms. The number of amides is 1. The molecule has 0 saturated carbocycles. The van der Waals surface area contributed by atoms with Crippen LogP contribution in [0.25, 0.3) is 0 Å². The maximum Gasteiger partial charge on any atom is 0.262 e. The molecule has 2 aromatic rings. The maximum atomic E-state index is 13.9. The second-order valence-electron chi connectivity index (χ2n) is 4.72. The molecule has 1 aromatic carbocycles. The number of nitriles is 1. The highest BCUT2D eigenvalue weighted by atomic mass is 32.1. The van der Waals surface area contributed by atoms with E-state index in [9.17, 15) is 22.4 Å². The van der Waals surface area contributed by atoms with Gasteiger partial charge in [0.15, 0.2) is 17.4 Å². The van der Waals surface area contributed by atoms with E-state index in [1.165, 1.54) is 0 Å². The Labute approximate surface area is 138 Å². The van der Waals surface area contributed by atoms with E-state index < -0.39 is 40.5 Å². The van der Waals surface area contributed by atoms with E-state index in [0.29, 0.717) is 10.4 Å². The van der Waals surface area contributed by atoms with Crippen LogP contribution in [0.1, 0.15) is 26.4 Å². The van der Waals surface area contributed by atoms with Crippen LogP contribution in [-0.4, -0.2) is 13.0 Å². The number of nitrogens with one attached hydrogen (secondary N) is 1. The molecule has 9 heteroatoms. The number of thiophene rings is 1. The summed E-state index contributed by atoms with van der Waals surface area (Å²) in [6, 6.07) is 1.85. The first-order valence-corrected chi connectivity index (χ1v) is 7.27. The van der Waals surface area contributed by atoms with Gasteiger partial charge in [0.25, 0.3) is 5.91 Å². The lowest BCUT2D eigenvalue weighted by Gasteiger charge is -2.10. The summed E-state index contributed by atoms with van der Waals surface area (Å²) in [7, 11) is 0.830. The van der Waals surface area contributed by atoms with Gasteiger partial charge in [0, 0.05) is 4.88 Å². The summed E-state index contributed by atoms with van der Waals surface area (Å²) in [5, 5.41) is 11.2. The first kappa shape index (κ1) is 17.7. The van der Waals surface area contributed by atoms with Crippen molar-refractivity contribution in [2.24, 2.45) is 0 Å². The third-order valence-electron chi connectivity index (χ3n) is 3.38. The molecule has 0 aliphatic heterocycles. The number of carbonyl (C=O) groups excluding carboxylic acids is 1. The highest BCUT2D eigenvalue weighted by molar-refractivity contribution is 7.16. The zero-order valence-corrected chi connectivity index (χ0v) is 13.5. The maximum absolute atomic E-state index is 13.9. The fourth-order valence-corrected chi connectivity index (χ4v) is 3.01. The van der Waals surface area contributed by atoms with Crippen molar-refractivity contribution < 1.29 is 27.1 Å². The van der Waals surface area contributed by atoms with Gasteiger partial charge in [0.1, 0.15) is 16.6 Å². The van der Waals surface area contributed by atoms with Crippen LogP contribution in [0, 0.1) is 48.4 Å². The molecular weight excluding hydrogens is 348 g/mol. The van der Waals surface area contributed by atoms with Crippen LogP contribution in [-0.2, 0) is 0 Å². The summed E-state index contributed by atoms with van der Waals surface area (Å²) in [5.74, 6) is -10.1. The average molecular weight is 358 g/mol. The van der Waals surface area contributed by atoms with Crippen LogP contribution < -0.4 is 10.1 Å². The number of hydrogen-bond donors (Lipinski definition) is 1. The van der Waals surface area contributed by atoms with Gasteiger partial charge in [-0.25, -0.2) is 8.78 Å². The number of carbonyl (C=O) groups is 1. The molecule has 0 saturated heterocycles. The lowest BCUT2D eigenvalue weighted by atomic mass is 10.1. The highest BCUT2D eigenvalue weighted by Crippen LogP contribution is 2.34. The van der Waals surface area contributed by atoms with Crippen molar-refractivity contribution in [1.82, 2.24) is 0 Å². The van der Waals surface area contributed by atoms with Gasteiger partial charge in [0.05, 0.1) is 12.7 Å². The molecule has 0 radical (unpaired) electrons. The van der Waals surface area contributed by atoms with Crippen molar-refractivity contribution >= 4 is 22.2 Å². The average Bonchev–Trinajstić information content (AvgIpc) is 2.80. The van der Waals surface area contributed by atoms with Gasteiger partial charge in [-0.1, -0.05) is 0 Å². The third-order valence-corrected chi connectivity index (χ3v) is 4.50. The summed E-state index contributed by atoms with van der Waals surface area (Å²) in [6.45, 7) is 3.32. The van der Waals surface area contributed by atoms with Crippen molar-refractivity contribution in [2.75, 3.05) is 12.4 Å². The number of rotatable bonds is 3. The van der Waals surface area contributed by atoms with E-state index in [4.69, 9.17) is 5.26 Å². The van der Waals surface area contributed by atoms with Crippen LogP contribution >= 0.6 is 11.3 Å². The predicted molar refractivity (Wildman–Crippen MR) is 79.3 cm³/mol. The Hall–Kier alpha value is -2.60. The lowest BCUT2D eigenvalue weighted by Crippen LogP contribution is -2.18. The zero-order valence-electron chi connectivity index (χ0n) is 12.7. The SMILES string of the molecule is COc1c(F)c(F)c(C(=O)Nc2sc(C)c(C)c2C#N)c(F)c1F. The number of halogens is 4. The first-order chi connectivity index (χ1) is 11.2. The van der Waals surface area contributed by atoms with E-state index in [2.05, 4.69) is 10.1 Å². The molecule has 1 heterocycles. The molecule has 0 fully saturated rings. The van der Waals surface area contributed by atoms with Crippen molar-refractivity contribution in [3.05, 3.63) is 44.8 Å². The summed E-state index contributed by atoms with van der Waals surface area (Å²) in [4.78, 5) is 12.8. The van der Waals surface area contributed by atoms with E-state index in [1.807, 2.05) is 6.07 Å². The standard InChI is InChI=1S/C15H10F4N2O2S/c1-5-6(2)24-15(7(5)4-20)21-14(22)8-9(16)11(18)13(23-3)12(19)10(8)17/h1-3H3,(H,21,22). The largest absolute Gasteiger partial charge is 0.491 e. The number of ether oxygens (including phenoxy) is 1. The number of anilines is 1. The predicted octanol–water partition coefficient (Wildman–Crippen LogP) is 4.05. The Morgan fingerprint density at radius 1 is 1.12 bits per heavy atom. The van der Waals surface area contributed by atoms with Gasteiger partial charge in [-0.2, -0.15) is 14.0 Å². The van der Waals surface area contributed by atoms with E-state index >= 15 is 0 Å². The molecular formula is C15H10F4N2O2S. The van der Waals surface area contributed by atoms with E-state index in [-0.39, 0.29) is 10.6 Å². The second kappa shape index (κ2) is 6.49. The van der Waals surface area contributed by atoms with Gasteiger partial charge < -0.3 is 10.1 Å². The minimum absolute atomic E-state index is 0.0351. The van der Waals surface area contributed by atoms with Crippen LogP contribution in [0.4, 0.5) is 22.6 Å². The van der Waals surface area contributed by atoms with Crippen molar-refractivity contribution in [3.8, 4) is 11.8 Å². The topological polar surface area (TPSA) is 62.1 Å². The van der Waals surface area contributed by atoms with Gasteiger partial charge >= 0.3 is 0 Å². The van der Waals surface area contributed by atoms with Crippen LogP contribution in [0.5, 0.6) is 5.75 Å². The molecule has 4 nitrogen and oxygen atoms in total. The molecule has 126 valence electrons. The third kappa shape index (κ3) is 2.69. The smallest absolute Gasteiger partial charge is 0.262 e.